The van der Waals surface area contributed by atoms with Gasteiger partial charge in [-0.1, -0.05) is 0 Å². The van der Waals surface area contributed by atoms with E-state index >= 15 is 0 Å². The molecule has 1 aromatic carbocycles. The summed E-state index contributed by atoms with van der Waals surface area (Å²) in [7, 11) is 0. The normalized spacial score (nSPS) is 19.5. The third-order valence-corrected chi connectivity index (χ3v) is 4.29. The Morgan fingerprint density at radius 3 is 2.62 bits per heavy atom. The summed E-state index contributed by atoms with van der Waals surface area (Å²) < 4.78 is 0. The molecule has 2 saturated heterocycles. The number of benzene rings is 1. The van der Waals surface area contributed by atoms with Crippen molar-refractivity contribution in [1.29, 1.82) is 5.26 Å². The van der Waals surface area contributed by atoms with E-state index in [1.165, 1.54) is 0 Å². The molecule has 6 heteroatoms. The second-order valence-corrected chi connectivity index (χ2v) is 5.53. The molecular formula is C15H19N5O. The molecule has 0 aromatic heterocycles. The number of nitrogens with one attached hydrogen (secondary N) is 1. The number of nitrogen functional groups attached to an aromatic ring is 1. The maximum atomic E-state index is 11.7. The van der Waals surface area contributed by atoms with Gasteiger partial charge in [-0.25, -0.2) is 4.79 Å². The van der Waals surface area contributed by atoms with Crippen molar-refractivity contribution in [2.24, 2.45) is 0 Å². The molecule has 2 heterocycles. The van der Waals surface area contributed by atoms with Crippen LogP contribution < -0.4 is 16.0 Å². The summed E-state index contributed by atoms with van der Waals surface area (Å²) >= 11 is 0. The van der Waals surface area contributed by atoms with Crippen LogP contribution in [0.3, 0.4) is 0 Å². The summed E-state index contributed by atoms with van der Waals surface area (Å²) in [5.41, 5.74) is 8.25. The molecule has 2 aliphatic heterocycles. The molecule has 110 valence electrons. The molecule has 0 unspecified atom stereocenters. The minimum atomic E-state index is 0.0614. The van der Waals surface area contributed by atoms with Crippen molar-refractivity contribution < 1.29 is 4.79 Å². The zero-order valence-electron chi connectivity index (χ0n) is 11.9. The Kier molecular flexibility index (Phi) is 3.57. The fraction of sp³-hybridized carbons (Fsp3) is 0.467. The molecule has 2 amide bonds. The lowest BCUT2D eigenvalue weighted by Crippen LogP contribution is -2.46. The summed E-state index contributed by atoms with van der Waals surface area (Å²) in [4.78, 5) is 15.9. The van der Waals surface area contributed by atoms with Gasteiger partial charge >= 0.3 is 6.03 Å². The lowest BCUT2D eigenvalue weighted by Gasteiger charge is -2.37. The van der Waals surface area contributed by atoms with E-state index < -0.39 is 0 Å². The van der Waals surface area contributed by atoms with E-state index in [2.05, 4.69) is 16.3 Å². The van der Waals surface area contributed by atoms with Crippen LogP contribution in [0.1, 0.15) is 18.4 Å². The van der Waals surface area contributed by atoms with E-state index in [9.17, 15) is 4.79 Å². The van der Waals surface area contributed by atoms with Gasteiger partial charge in [0.15, 0.2) is 0 Å². The molecule has 0 spiro atoms. The third kappa shape index (κ3) is 2.59. The van der Waals surface area contributed by atoms with Crippen LogP contribution in [-0.4, -0.2) is 43.2 Å². The van der Waals surface area contributed by atoms with Gasteiger partial charge in [0.25, 0.3) is 0 Å². The molecule has 2 fully saturated rings. The SMILES string of the molecule is N#Cc1ccc(N2CCC(N3CCNC3=O)CC2)c(N)c1. The van der Waals surface area contributed by atoms with Crippen LogP contribution in [0.25, 0.3) is 0 Å². The molecule has 3 N–H and O–H groups in total. The zero-order chi connectivity index (χ0) is 14.8. The van der Waals surface area contributed by atoms with Gasteiger partial charge in [-0.2, -0.15) is 5.26 Å². The Morgan fingerprint density at radius 1 is 1.29 bits per heavy atom. The number of anilines is 2. The average Bonchev–Trinajstić information content (AvgIpc) is 2.93. The van der Waals surface area contributed by atoms with Crippen LogP contribution >= 0.6 is 0 Å². The van der Waals surface area contributed by atoms with Crippen LogP contribution in [0.2, 0.25) is 0 Å². The number of piperidine rings is 1. The molecule has 6 nitrogen and oxygen atoms in total. The number of carbonyl (C=O) groups is 1. The predicted molar refractivity (Wildman–Crippen MR) is 80.9 cm³/mol. The molecule has 1 aromatic rings. The fourth-order valence-corrected chi connectivity index (χ4v) is 3.17. The molecule has 0 aliphatic carbocycles. The van der Waals surface area contributed by atoms with Crippen LogP contribution in [-0.2, 0) is 0 Å². The topological polar surface area (TPSA) is 85.4 Å². The number of nitrogens with zero attached hydrogens (tertiary/aromatic N) is 3. The Labute approximate surface area is 124 Å². The van der Waals surface area contributed by atoms with Crippen molar-refractivity contribution in [2.45, 2.75) is 18.9 Å². The van der Waals surface area contributed by atoms with E-state index in [4.69, 9.17) is 11.0 Å². The third-order valence-electron chi connectivity index (χ3n) is 4.29. The predicted octanol–water partition coefficient (Wildman–Crippen LogP) is 1.13. The summed E-state index contributed by atoms with van der Waals surface area (Å²) in [6.45, 7) is 3.32. The summed E-state index contributed by atoms with van der Waals surface area (Å²) in [6.07, 6.45) is 1.90. The first-order chi connectivity index (χ1) is 10.2. The Hall–Kier alpha value is -2.42. The number of carbonyl (C=O) groups excluding carboxylic acids is 1. The summed E-state index contributed by atoms with van der Waals surface area (Å²) in [5, 5.41) is 11.7. The van der Waals surface area contributed by atoms with Gasteiger partial charge < -0.3 is 20.9 Å². The number of nitrogens with two attached hydrogens (primary N) is 1. The van der Waals surface area contributed by atoms with Crippen LogP contribution in [0.15, 0.2) is 18.2 Å². The monoisotopic (exact) mass is 285 g/mol. The molecule has 0 atom stereocenters. The first-order valence-corrected chi connectivity index (χ1v) is 7.28. The second-order valence-electron chi connectivity index (χ2n) is 5.53. The number of amides is 2. The molecule has 3 rings (SSSR count). The van der Waals surface area contributed by atoms with E-state index in [-0.39, 0.29) is 6.03 Å². The van der Waals surface area contributed by atoms with Gasteiger partial charge in [0.05, 0.1) is 23.0 Å². The van der Waals surface area contributed by atoms with Crippen molar-refractivity contribution in [3.63, 3.8) is 0 Å². The van der Waals surface area contributed by atoms with E-state index in [0.717, 1.165) is 44.7 Å². The lowest BCUT2D eigenvalue weighted by atomic mass is 10.0. The van der Waals surface area contributed by atoms with Gasteiger partial charge in [-0.15, -0.1) is 0 Å². The van der Waals surface area contributed by atoms with Crippen molar-refractivity contribution in [2.75, 3.05) is 36.8 Å². The van der Waals surface area contributed by atoms with Gasteiger partial charge in [0.1, 0.15) is 0 Å². The van der Waals surface area contributed by atoms with Crippen molar-refractivity contribution in [3.05, 3.63) is 23.8 Å². The number of hydrogen-bond acceptors (Lipinski definition) is 4. The maximum absolute atomic E-state index is 11.7. The highest BCUT2D eigenvalue weighted by Gasteiger charge is 2.30. The number of hydrogen-bond donors (Lipinski definition) is 2. The average molecular weight is 285 g/mol. The molecular weight excluding hydrogens is 266 g/mol. The van der Waals surface area contributed by atoms with Crippen molar-refractivity contribution >= 4 is 17.4 Å². The Balaban J connectivity index is 1.66. The minimum Gasteiger partial charge on any atom is -0.397 e. The van der Waals surface area contributed by atoms with Gasteiger partial charge in [-0.3, -0.25) is 0 Å². The number of urea groups is 1. The maximum Gasteiger partial charge on any atom is 0.317 e. The van der Waals surface area contributed by atoms with E-state index in [0.29, 0.717) is 17.3 Å². The summed E-state index contributed by atoms with van der Waals surface area (Å²) in [5.74, 6) is 0. The smallest absolute Gasteiger partial charge is 0.317 e. The highest BCUT2D eigenvalue weighted by Crippen LogP contribution is 2.28. The van der Waals surface area contributed by atoms with Gasteiger partial charge in [0, 0.05) is 32.2 Å². The molecule has 2 aliphatic rings. The minimum absolute atomic E-state index is 0.0614. The first kappa shape index (κ1) is 13.6. The first-order valence-electron chi connectivity index (χ1n) is 7.28. The second kappa shape index (κ2) is 5.52. The highest BCUT2D eigenvalue weighted by molar-refractivity contribution is 5.76. The largest absolute Gasteiger partial charge is 0.397 e. The van der Waals surface area contributed by atoms with Crippen molar-refractivity contribution in [3.8, 4) is 6.07 Å². The highest BCUT2D eigenvalue weighted by atomic mass is 16.2. The standard InChI is InChI=1S/C15H19N5O/c16-10-11-1-2-14(13(17)9-11)19-6-3-12(4-7-19)20-8-5-18-15(20)21/h1-2,9,12H,3-8,17H2,(H,18,21). The number of rotatable bonds is 2. The van der Waals surface area contributed by atoms with Crippen LogP contribution in [0.5, 0.6) is 0 Å². The van der Waals surface area contributed by atoms with Gasteiger partial charge in [0.2, 0.25) is 0 Å². The van der Waals surface area contributed by atoms with Crippen LogP contribution in [0, 0.1) is 11.3 Å². The lowest BCUT2D eigenvalue weighted by molar-refractivity contribution is 0.186. The molecule has 0 saturated carbocycles. The van der Waals surface area contributed by atoms with Crippen LogP contribution in [0.4, 0.5) is 16.2 Å². The quantitative estimate of drug-likeness (QED) is 0.798. The van der Waals surface area contributed by atoms with E-state index in [1.807, 2.05) is 11.0 Å². The number of nitriles is 1. The molecule has 0 bridgehead atoms. The Morgan fingerprint density at radius 2 is 2.05 bits per heavy atom. The van der Waals surface area contributed by atoms with Gasteiger partial charge in [-0.05, 0) is 31.0 Å². The summed E-state index contributed by atoms with van der Waals surface area (Å²) in [6, 6.07) is 7.91. The Bertz CT molecular complexity index is 586. The van der Waals surface area contributed by atoms with E-state index in [1.54, 1.807) is 12.1 Å². The fourth-order valence-electron chi connectivity index (χ4n) is 3.17. The van der Waals surface area contributed by atoms with Crippen molar-refractivity contribution in [1.82, 2.24) is 10.2 Å². The molecule has 21 heavy (non-hydrogen) atoms. The molecule has 0 radical (unpaired) electrons. The zero-order valence-corrected chi connectivity index (χ0v) is 11.9.